The number of hydrogen-bond acceptors (Lipinski definition) is 6. The molecule has 0 aliphatic carbocycles. The van der Waals surface area contributed by atoms with Crippen LogP contribution in [0.2, 0.25) is 5.02 Å². The Morgan fingerprint density at radius 3 is 2.92 bits per heavy atom. The topological polar surface area (TPSA) is 96.7 Å². The summed E-state index contributed by atoms with van der Waals surface area (Å²) in [6.07, 6.45) is 3.37. The van der Waals surface area contributed by atoms with Crippen molar-refractivity contribution in [2.75, 3.05) is 32.1 Å². The zero-order valence-electron chi connectivity index (χ0n) is 14.0. The average molecular weight is 377 g/mol. The predicted molar refractivity (Wildman–Crippen MR) is 94.9 cm³/mol. The molecule has 0 atom stereocenters. The minimum absolute atomic E-state index is 0.0616. The lowest BCUT2D eigenvalue weighted by Crippen LogP contribution is -2.31. The van der Waals surface area contributed by atoms with Crippen molar-refractivity contribution in [2.24, 2.45) is 0 Å². The van der Waals surface area contributed by atoms with Gasteiger partial charge in [0.25, 0.3) is 5.91 Å². The van der Waals surface area contributed by atoms with Crippen LogP contribution in [0.1, 0.15) is 0 Å². The van der Waals surface area contributed by atoms with E-state index in [1.54, 1.807) is 41.3 Å². The second kappa shape index (κ2) is 7.59. The van der Waals surface area contributed by atoms with Crippen molar-refractivity contribution in [1.82, 2.24) is 14.7 Å². The highest BCUT2D eigenvalue weighted by Gasteiger charge is 2.34. The Kier molecular flexibility index (Phi) is 5.24. The van der Waals surface area contributed by atoms with Crippen LogP contribution < -0.4 is 5.32 Å². The first kappa shape index (κ1) is 18.0. The van der Waals surface area contributed by atoms with Crippen LogP contribution in [0.15, 0.2) is 47.9 Å². The molecule has 0 radical (unpaired) electrons. The van der Waals surface area contributed by atoms with Crippen molar-refractivity contribution in [1.29, 1.82) is 0 Å². The molecule has 1 aliphatic heterocycles. The first-order valence-electron chi connectivity index (χ1n) is 7.83. The van der Waals surface area contributed by atoms with E-state index in [2.05, 4.69) is 10.4 Å². The first-order valence-corrected chi connectivity index (χ1v) is 8.21. The van der Waals surface area contributed by atoms with Gasteiger partial charge in [-0.05, 0) is 24.3 Å². The number of aliphatic hydroxyl groups excluding tert-OH is 1. The summed E-state index contributed by atoms with van der Waals surface area (Å²) in [5.74, 6) is -1.00. The summed E-state index contributed by atoms with van der Waals surface area (Å²) in [4.78, 5) is 26.1. The summed E-state index contributed by atoms with van der Waals surface area (Å²) >= 11 is 6.10. The van der Waals surface area contributed by atoms with Gasteiger partial charge in [-0.2, -0.15) is 5.10 Å². The molecule has 8 nitrogen and oxygen atoms in total. The quantitative estimate of drug-likeness (QED) is 0.735. The molecule has 26 heavy (non-hydrogen) atoms. The van der Waals surface area contributed by atoms with Gasteiger partial charge in [-0.15, -0.1) is 0 Å². The third-order valence-corrected chi connectivity index (χ3v) is 4.16. The molecule has 2 heterocycles. The number of methoxy groups -OCH3 is 1. The molecule has 1 amide bonds. The Morgan fingerprint density at radius 2 is 2.27 bits per heavy atom. The van der Waals surface area contributed by atoms with E-state index < -0.39 is 11.9 Å². The van der Waals surface area contributed by atoms with E-state index in [0.717, 1.165) is 0 Å². The van der Waals surface area contributed by atoms with Gasteiger partial charge in [0.2, 0.25) is 0 Å². The fraction of sp³-hybridized carbons (Fsp3) is 0.235. The number of hydrogen-bond donors (Lipinski definition) is 2. The Hall–Kier alpha value is -2.84. The number of nitrogens with one attached hydrogen (secondary N) is 1. The molecule has 0 saturated carbocycles. The number of anilines is 1. The number of halogens is 1. The molecular weight excluding hydrogens is 360 g/mol. The van der Waals surface area contributed by atoms with Crippen molar-refractivity contribution in [3.8, 4) is 5.69 Å². The fourth-order valence-electron chi connectivity index (χ4n) is 2.70. The number of nitrogens with zero attached hydrogens (tertiary/aromatic N) is 3. The van der Waals surface area contributed by atoms with Crippen LogP contribution in [0.4, 0.5) is 5.69 Å². The molecule has 9 heteroatoms. The highest BCUT2D eigenvalue weighted by molar-refractivity contribution is 6.31. The van der Waals surface area contributed by atoms with Crippen molar-refractivity contribution in [3.05, 3.63) is 53.0 Å². The third kappa shape index (κ3) is 3.42. The van der Waals surface area contributed by atoms with Crippen molar-refractivity contribution in [3.63, 3.8) is 0 Å². The molecule has 2 aromatic rings. The summed E-state index contributed by atoms with van der Waals surface area (Å²) in [7, 11) is 1.25. The van der Waals surface area contributed by atoms with E-state index in [-0.39, 0.29) is 31.0 Å². The second-order valence-electron chi connectivity index (χ2n) is 5.53. The number of benzene rings is 1. The summed E-state index contributed by atoms with van der Waals surface area (Å²) in [5, 5.41) is 16.8. The smallest absolute Gasteiger partial charge is 0.337 e. The highest BCUT2D eigenvalue weighted by atomic mass is 35.5. The lowest BCUT2D eigenvalue weighted by molar-refractivity contribution is -0.136. The Balaban J connectivity index is 2.02. The SMILES string of the molecule is COC(=O)C1=C(Nc2cc(Cl)ccc2-n2cccn2)C(=O)N(CCO)C1. The molecule has 0 unspecified atom stereocenters. The van der Waals surface area contributed by atoms with E-state index in [9.17, 15) is 9.59 Å². The monoisotopic (exact) mass is 376 g/mol. The molecular formula is C17H17ClN4O4. The predicted octanol–water partition coefficient (Wildman–Crippen LogP) is 1.20. The summed E-state index contributed by atoms with van der Waals surface area (Å²) in [6, 6.07) is 6.86. The zero-order valence-corrected chi connectivity index (χ0v) is 14.7. The van der Waals surface area contributed by atoms with E-state index in [1.165, 1.54) is 12.0 Å². The van der Waals surface area contributed by atoms with Gasteiger partial charge in [0.1, 0.15) is 5.70 Å². The molecule has 136 valence electrons. The Bertz CT molecular complexity index is 864. The molecule has 1 aliphatic rings. The van der Waals surface area contributed by atoms with Crippen molar-refractivity contribution >= 4 is 29.2 Å². The van der Waals surface area contributed by atoms with Crippen LogP contribution in [0, 0.1) is 0 Å². The average Bonchev–Trinajstić information content (AvgIpc) is 3.26. The highest BCUT2D eigenvalue weighted by Crippen LogP contribution is 2.28. The van der Waals surface area contributed by atoms with Gasteiger partial charge in [0.05, 0.1) is 37.2 Å². The van der Waals surface area contributed by atoms with Crippen molar-refractivity contribution < 1.29 is 19.4 Å². The zero-order chi connectivity index (χ0) is 18.7. The molecule has 3 rings (SSSR count). The Morgan fingerprint density at radius 1 is 1.46 bits per heavy atom. The van der Waals surface area contributed by atoms with E-state index in [0.29, 0.717) is 16.4 Å². The van der Waals surface area contributed by atoms with Crippen LogP contribution in [0.3, 0.4) is 0 Å². The van der Waals surface area contributed by atoms with Gasteiger partial charge in [0.15, 0.2) is 0 Å². The molecule has 0 spiro atoms. The molecule has 1 aromatic heterocycles. The van der Waals surface area contributed by atoms with Gasteiger partial charge >= 0.3 is 5.97 Å². The second-order valence-corrected chi connectivity index (χ2v) is 5.97. The van der Waals surface area contributed by atoms with Crippen molar-refractivity contribution in [2.45, 2.75) is 0 Å². The van der Waals surface area contributed by atoms with Gasteiger partial charge in [-0.1, -0.05) is 11.6 Å². The van der Waals surface area contributed by atoms with Crippen LogP contribution in [0.25, 0.3) is 5.69 Å². The lowest BCUT2D eigenvalue weighted by Gasteiger charge is -2.16. The fourth-order valence-corrected chi connectivity index (χ4v) is 2.88. The van der Waals surface area contributed by atoms with Gasteiger partial charge < -0.3 is 20.1 Å². The summed E-state index contributed by atoms with van der Waals surface area (Å²) in [6.45, 7) is -0.0265. The number of ether oxygens (including phenoxy) is 1. The third-order valence-electron chi connectivity index (χ3n) is 3.92. The number of amides is 1. The maximum atomic E-state index is 12.6. The molecule has 0 fully saturated rings. The first-order chi connectivity index (χ1) is 12.5. The van der Waals surface area contributed by atoms with Gasteiger partial charge in [-0.25, -0.2) is 9.48 Å². The van der Waals surface area contributed by atoms with Crippen LogP contribution in [-0.2, 0) is 14.3 Å². The van der Waals surface area contributed by atoms with Crippen LogP contribution >= 0.6 is 11.6 Å². The number of carbonyl (C=O) groups is 2. The van der Waals surface area contributed by atoms with Gasteiger partial charge in [-0.3, -0.25) is 4.79 Å². The van der Waals surface area contributed by atoms with Gasteiger partial charge in [0, 0.05) is 24.0 Å². The molecule has 1 aromatic carbocycles. The molecule has 2 N–H and O–H groups in total. The number of aliphatic hydroxyl groups is 1. The number of aromatic nitrogens is 2. The number of esters is 1. The normalized spacial score (nSPS) is 14.1. The minimum atomic E-state index is -0.607. The lowest BCUT2D eigenvalue weighted by atomic mass is 10.2. The minimum Gasteiger partial charge on any atom is -0.466 e. The number of carbonyl (C=O) groups excluding carboxylic acids is 2. The standard InChI is InChI=1S/C17H17ClN4O4/c1-26-17(25)12-10-21(7-8-23)16(24)15(12)20-13-9-11(18)3-4-14(13)22-6-2-5-19-22/h2-6,9,20,23H,7-8,10H2,1H3. The number of β-amino-alcohol motifs (C(OH)–C–C–N with tert-alkyl or cyclic N) is 1. The van der Waals surface area contributed by atoms with Crippen LogP contribution in [0.5, 0.6) is 0 Å². The summed E-state index contributed by atoms with van der Waals surface area (Å²) < 4.78 is 6.39. The number of rotatable bonds is 6. The maximum absolute atomic E-state index is 12.6. The molecule has 0 bridgehead atoms. The Labute approximate surface area is 154 Å². The molecule has 0 saturated heterocycles. The van der Waals surface area contributed by atoms with Crippen LogP contribution in [-0.4, -0.2) is 58.5 Å². The largest absolute Gasteiger partial charge is 0.466 e. The summed E-state index contributed by atoms with van der Waals surface area (Å²) in [5.41, 5.74) is 1.46. The van der Waals surface area contributed by atoms with E-state index in [4.69, 9.17) is 21.4 Å². The van der Waals surface area contributed by atoms with E-state index >= 15 is 0 Å². The maximum Gasteiger partial charge on any atom is 0.337 e. The van der Waals surface area contributed by atoms with E-state index in [1.807, 2.05) is 0 Å².